The standard InChI is InChI=1S/C3H9N5.ClH/c1-7-3(4)5-8(2)6-7;/h6H,1-2H3,(H2,4,5);1H. The summed E-state index contributed by atoms with van der Waals surface area (Å²) in [5.74, 6) is 0.479. The van der Waals surface area contributed by atoms with Crippen molar-refractivity contribution in [1.82, 2.24) is 15.7 Å². The van der Waals surface area contributed by atoms with Crippen LogP contribution in [0.4, 0.5) is 0 Å². The fourth-order valence-corrected chi connectivity index (χ4v) is 0.511. The van der Waals surface area contributed by atoms with Crippen LogP contribution in [0.2, 0.25) is 0 Å². The zero-order chi connectivity index (χ0) is 6.15. The maximum Gasteiger partial charge on any atom is 0.231 e. The summed E-state index contributed by atoms with van der Waals surface area (Å²) in [6, 6.07) is 0. The van der Waals surface area contributed by atoms with Gasteiger partial charge in [0, 0.05) is 14.1 Å². The number of nitrogens with zero attached hydrogens (tertiary/aromatic N) is 3. The van der Waals surface area contributed by atoms with Gasteiger partial charge in [0.1, 0.15) is 0 Å². The highest BCUT2D eigenvalue weighted by Gasteiger charge is 2.10. The molecule has 1 heterocycles. The SMILES string of the molecule is CN1N=C(N)N(C)N1.Cl. The molecule has 0 saturated carbocycles. The van der Waals surface area contributed by atoms with Crippen LogP contribution in [0.1, 0.15) is 0 Å². The minimum atomic E-state index is 0. The van der Waals surface area contributed by atoms with E-state index in [1.54, 1.807) is 19.1 Å². The van der Waals surface area contributed by atoms with E-state index in [-0.39, 0.29) is 12.4 Å². The van der Waals surface area contributed by atoms with E-state index in [4.69, 9.17) is 5.73 Å². The molecule has 0 saturated heterocycles. The topological polar surface area (TPSA) is 56.9 Å². The molecule has 54 valence electrons. The third-order valence-electron chi connectivity index (χ3n) is 0.891. The molecule has 0 fully saturated rings. The van der Waals surface area contributed by atoms with E-state index in [1.165, 1.54) is 5.12 Å². The van der Waals surface area contributed by atoms with Gasteiger partial charge in [-0.1, -0.05) is 0 Å². The zero-order valence-electron chi connectivity index (χ0n) is 5.33. The second kappa shape index (κ2) is 2.75. The molecule has 0 amide bonds. The van der Waals surface area contributed by atoms with Crippen molar-refractivity contribution in [1.29, 1.82) is 0 Å². The highest BCUT2D eigenvalue weighted by Crippen LogP contribution is 1.89. The average molecular weight is 152 g/mol. The maximum absolute atomic E-state index is 5.34. The molecule has 9 heavy (non-hydrogen) atoms. The van der Waals surface area contributed by atoms with E-state index in [0.717, 1.165) is 0 Å². The summed E-state index contributed by atoms with van der Waals surface area (Å²) < 4.78 is 0. The smallest absolute Gasteiger partial charge is 0.231 e. The van der Waals surface area contributed by atoms with Crippen LogP contribution in [0.15, 0.2) is 5.10 Å². The molecule has 3 N–H and O–H groups in total. The van der Waals surface area contributed by atoms with Crippen molar-refractivity contribution < 1.29 is 0 Å². The lowest BCUT2D eigenvalue weighted by Crippen LogP contribution is -2.41. The Balaban J connectivity index is 0.000000640. The molecular weight excluding hydrogens is 142 g/mol. The number of rotatable bonds is 0. The number of hydrazone groups is 1. The van der Waals surface area contributed by atoms with Gasteiger partial charge in [-0.3, -0.25) is 5.01 Å². The first kappa shape index (κ1) is 8.32. The molecule has 0 bridgehead atoms. The number of nitrogens with one attached hydrogen (secondary N) is 1. The largest absolute Gasteiger partial charge is 0.367 e. The number of hydrogen-bond donors (Lipinski definition) is 2. The first-order chi connectivity index (χ1) is 3.70. The lowest BCUT2D eigenvalue weighted by molar-refractivity contribution is 0.165. The predicted molar refractivity (Wildman–Crippen MR) is 37.5 cm³/mol. The molecule has 0 aromatic carbocycles. The Morgan fingerprint density at radius 2 is 2.11 bits per heavy atom. The van der Waals surface area contributed by atoms with Crippen LogP contribution in [0.25, 0.3) is 0 Å². The monoisotopic (exact) mass is 151 g/mol. The lowest BCUT2D eigenvalue weighted by Gasteiger charge is -2.11. The molecule has 1 aliphatic heterocycles. The molecule has 1 aliphatic rings. The molecule has 6 heteroatoms. The molecule has 0 atom stereocenters. The number of halogens is 1. The minimum Gasteiger partial charge on any atom is -0.367 e. The summed E-state index contributed by atoms with van der Waals surface area (Å²) >= 11 is 0. The Hall–Kier alpha value is -0.680. The van der Waals surface area contributed by atoms with Gasteiger partial charge in [-0.15, -0.1) is 23.0 Å². The number of guanidine groups is 1. The van der Waals surface area contributed by atoms with E-state index < -0.39 is 0 Å². The number of nitrogens with two attached hydrogens (primary N) is 1. The Bertz CT molecular complexity index is 123. The molecule has 0 aliphatic carbocycles. The summed E-state index contributed by atoms with van der Waals surface area (Å²) in [5.41, 5.74) is 8.14. The normalized spacial score (nSPS) is 17.3. The fourth-order valence-electron chi connectivity index (χ4n) is 0.511. The van der Waals surface area contributed by atoms with Crippen molar-refractivity contribution in [3.8, 4) is 0 Å². The van der Waals surface area contributed by atoms with Crippen LogP contribution in [-0.4, -0.2) is 30.2 Å². The summed E-state index contributed by atoms with van der Waals surface area (Å²) in [5, 5.41) is 6.97. The van der Waals surface area contributed by atoms with Gasteiger partial charge in [0.15, 0.2) is 0 Å². The first-order valence-electron chi connectivity index (χ1n) is 2.28. The summed E-state index contributed by atoms with van der Waals surface area (Å²) in [6.45, 7) is 0. The third-order valence-corrected chi connectivity index (χ3v) is 0.891. The average Bonchev–Trinajstić information content (AvgIpc) is 1.85. The highest BCUT2D eigenvalue weighted by atomic mass is 35.5. The highest BCUT2D eigenvalue weighted by molar-refractivity contribution is 5.85. The van der Waals surface area contributed by atoms with Gasteiger partial charge >= 0.3 is 0 Å². The fraction of sp³-hybridized carbons (Fsp3) is 0.667. The van der Waals surface area contributed by atoms with Gasteiger partial charge in [-0.25, -0.2) is 5.12 Å². The predicted octanol–water partition coefficient (Wildman–Crippen LogP) is -1.07. The first-order valence-corrected chi connectivity index (χ1v) is 2.28. The quantitative estimate of drug-likeness (QED) is 0.463. The Kier molecular flexibility index (Phi) is 2.54. The molecule has 0 aromatic heterocycles. The van der Waals surface area contributed by atoms with Gasteiger partial charge < -0.3 is 5.73 Å². The van der Waals surface area contributed by atoms with Crippen molar-refractivity contribution in [2.45, 2.75) is 0 Å². The molecule has 0 radical (unpaired) electrons. The van der Waals surface area contributed by atoms with Gasteiger partial charge in [-0.2, -0.15) is 0 Å². The van der Waals surface area contributed by atoms with Crippen LogP contribution < -0.4 is 11.3 Å². The molecule has 5 nitrogen and oxygen atoms in total. The van der Waals surface area contributed by atoms with Gasteiger partial charge in [0.25, 0.3) is 0 Å². The van der Waals surface area contributed by atoms with Crippen molar-refractivity contribution >= 4 is 18.4 Å². The van der Waals surface area contributed by atoms with Crippen LogP contribution in [0.5, 0.6) is 0 Å². The maximum atomic E-state index is 5.34. The summed E-state index contributed by atoms with van der Waals surface area (Å²) in [6.07, 6.45) is 0. The number of hydrazine groups is 2. The second-order valence-electron chi connectivity index (χ2n) is 1.64. The van der Waals surface area contributed by atoms with Crippen molar-refractivity contribution in [2.75, 3.05) is 14.1 Å². The van der Waals surface area contributed by atoms with Gasteiger partial charge in [0.05, 0.1) is 0 Å². The van der Waals surface area contributed by atoms with E-state index in [9.17, 15) is 0 Å². The molecule has 0 unspecified atom stereocenters. The summed E-state index contributed by atoms with van der Waals surface area (Å²) in [7, 11) is 3.57. The van der Waals surface area contributed by atoms with Crippen molar-refractivity contribution in [3.05, 3.63) is 0 Å². The molecule has 1 rings (SSSR count). The van der Waals surface area contributed by atoms with Crippen molar-refractivity contribution in [2.24, 2.45) is 10.8 Å². The molecular formula is C3H10ClN5. The van der Waals surface area contributed by atoms with E-state index in [0.29, 0.717) is 5.96 Å². The van der Waals surface area contributed by atoms with Crippen LogP contribution in [0.3, 0.4) is 0 Å². The molecule has 0 aromatic rings. The Labute approximate surface area is 59.8 Å². The van der Waals surface area contributed by atoms with E-state index >= 15 is 0 Å². The van der Waals surface area contributed by atoms with Crippen LogP contribution in [-0.2, 0) is 0 Å². The Morgan fingerprint density at radius 3 is 2.22 bits per heavy atom. The lowest BCUT2D eigenvalue weighted by atomic mass is 11.0. The second-order valence-corrected chi connectivity index (χ2v) is 1.64. The number of hydrogen-bond acceptors (Lipinski definition) is 5. The molecule has 0 spiro atoms. The van der Waals surface area contributed by atoms with Crippen LogP contribution >= 0.6 is 12.4 Å². The van der Waals surface area contributed by atoms with Gasteiger partial charge in [-0.05, 0) is 0 Å². The minimum absolute atomic E-state index is 0. The van der Waals surface area contributed by atoms with Gasteiger partial charge in [0.2, 0.25) is 5.96 Å². The van der Waals surface area contributed by atoms with Crippen molar-refractivity contribution in [3.63, 3.8) is 0 Å². The Morgan fingerprint density at radius 1 is 1.56 bits per heavy atom. The van der Waals surface area contributed by atoms with E-state index in [2.05, 4.69) is 10.6 Å². The third kappa shape index (κ3) is 1.62. The van der Waals surface area contributed by atoms with E-state index in [1.807, 2.05) is 0 Å². The summed E-state index contributed by atoms with van der Waals surface area (Å²) in [4.78, 5) is 0. The zero-order valence-corrected chi connectivity index (χ0v) is 6.14. The van der Waals surface area contributed by atoms with Crippen LogP contribution in [0, 0.1) is 0 Å².